The number of nitrogens with zero attached hydrogens (tertiary/aromatic N) is 1. The SMILES string of the molecule is O=C(NCC1CCCCCC1)c1cccnc1CCCSc1ccc(F)cc1. The van der Waals surface area contributed by atoms with Gasteiger partial charge in [0, 0.05) is 17.6 Å². The predicted molar refractivity (Wildman–Crippen MR) is 113 cm³/mol. The number of hydrogen-bond donors (Lipinski definition) is 1. The van der Waals surface area contributed by atoms with Crippen LogP contribution >= 0.6 is 11.8 Å². The van der Waals surface area contributed by atoms with Gasteiger partial charge in [0.1, 0.15) is 5.82 Å². The first-order valence-corrected chi connectivity index (χ1v) is 11.3. The fourth-order valence-electron chi connectivity index (χ4n) is 3.70. The summed E-state index contributed by atoms with van der Waals surface area (Å²) >= 11 is 1.70. The Balaban J connectivity index is 1.47. The molecule has 0 aliphatic heterocycles. The molecule has 5 heteroatoms. The number of pyridine rings is 1. The van der Waals surface area contributed by atoms with E-state index < -0.39 is 0 Å². The lowest BCUT2D eigenvalue weighted by atomic mass is 10.00. The molecule has 1 heterocycles. The molecule has 3 rings (SSSR count). The topological polar surface area (TPSA) is 42.0 Å². The predicted octanol–water partition coefficient (Wildman–Crippen LogP) is 5.65. The smallest absolute Gasteiger partial charge is 0.253 e. The first-order valence-electron chi connectivity index (χ1n) is 10.3. The fraction of sp³-hybridized carbons (Fsp3) is 0.478. The molecule has 2 aromatic rings. The molecule has 150 valence electrons. The zero-order chi connectivity index (χ0) is 19.6. The minimum absolute atomic E-state index is 0.00136. The number of carbonyl (C=O) groups is 1. The summed E-state index contributed by atoms with van der Waals surface area (Å²) in [5.41, 5.74) is 1.56. The largest absolute Gasteiger partial charge is 0.352 e. The van der Waals surface area contributed by atoms with Crippen molar-refractivity contribution in [3.63, 3.8) is 0 Å². The van der Waals surface area contributed by atoms with E-state index in [-0.39, 0.29) is 11.7 Å². The summed E-state index contributed by atoms with van der Waals surface area (Å²) in [6.07, 6.45) is 11.1. The number of aryl methyl sites for hydroxylation is 1. The number of amides is 1. The molecule has 1 aliphatic carbocycles. The summed E-state index contributed by atoms with van der Waals surface area (Å²) in [6, 6.07) is 10.3. The van der Waals surface area contributed by atoms with Crippen LogP contribution in [-0.2, 0) is 6.42 Å². The van der Waals surface area contributed by atoms with E-state index in [0.29, 0.717) is 11.5 Å². The van der Waals surface area contributed by atoms with Crippen molar-refractivity contribution in [2.45, 2.75) is 56.3 Å². The van der Waals surface area contributed by atoms with Gasteiger partial charge in [0.25, 0.3) is 5.91 Å². The maximum Gasteiger partial charge on any atom is 0.253 e. The summed E-state index contributed by atoms with van der Waals surface area (Å²) in [7, 11) is 0. The highest BCUT2D eigenvalue weighted by molar-refractivity contribution is 7.99. The highest BCUT2D eigenvalue weighted by atomic mass is 32.2. The third-order valence-electron chi connectivity index (χ3n) is 5.30. The summed E-state index contributed by atoms with van der Waals surface area (Å²) < 4.78 is 13.0. The van der Waals surface area contributed by atoms with Crippen LogP contribution in [0.1, 0.15) is 61.0 Å². The van der Waals surface area contributed by atoms with Crippen molar-refractivity contribution >= 4 is 17.7 Å². The van der Waals surface area contributed by atoms with Crippen molar-refractivity contribution in [3.05, 3.63) is 59.7 Å². The van der Waals surface area contributed by atoms with Crippen molar-refractivity contribution in [1.82, 2.24) is 10.3 Å². The molecular formula is C23H29FN2OS. The summed E-state index contributed by atoms with van der Waals surface area (Å²) in [5.74, 6) is 1.31. The Morgan fingerprint density at radius 3 is 2.61 bits per heavy atom. The Bertz CT molecular complexity index is 743. The zero-order valence-electron chi connectivity index (χ0n) is 16.3. The van der Waals surface area contributed by atoms with Gasteiger partial charge in [-0.2, -0.15) is 0 Å². The van der Waals surface area contributed by atoms with Crippen molar-refractivity contribution in [1.29, 1.82) is 0 Å². The molecule has 0 atom stereocenters. The van der Waals surface area contributed by atoms with Crippen LogP contribution < -0.4 is 5.32 Å². The monoisotopic (exact) mass is 400 g/mol. The first kappa shape index (κ1) is 20.8. The highest BCUT2D eigenvalue weighted by Crippen LogP contribution is 2.23. The standard InChI is InChI=1S/C23H29FN2OS/c24-19-11-13-20(14-12-19)28-16-6-10-22-21(9-5-15-25-22)23(27)26-17-18-7-3-1-2-4-8-18/h5,9,11-15,18H,1-4,6-8,10,16-17H2,(H,26,27). The third-order valence-corrected chi connectivity index (χ3v) is 6.40. The van der Waals surface area contributed by atoms with Gasteiger partial charge in [0.2, 0.25) is 0 Å². The van der Waals surface area contributed by atoms with E-state index in [1.807, 2.05) is 12.1 Å². The second-order valence-corrected chi connectivity index (χ2v) is 8.64. The van der Waals surface area contributed by atoms with E-state index in [4.69, 9.17) is 0 Å². The van der Waals surface area contributed by atoms with Crippen molar-refractivity contribution in [2.75, 3.05) is 12.3 Å². The number of hydrogen-bond acceptors (Lipinski definition) is 3. The Kier molecular flexibility index (Phi) is 8.34. The van der Waals surface area contributed by atoms with E-state index in [0.717, 1.165) is 35.7 Å². The number of thioether (sulfide) groups is 1. The van der Waals surface area contributed by atoms with Crippen LogP contribution in [0.5, 0.6) is 0 Å². The number of carbonyl (C=O) groups excluding carboxylic acids is 1. The fourth-order valence-corrected chi connectivity index (χ4v) is 4.56. The lowest BCUT2D eigenvalue weighted by molar-refractivity contribution is 0.0944. The molecule has 1 N–H and O–H groups in total. The Hall–Kier alpha value is -1.88. The van der Waals surface area contributed by atoms with E-state index in [2.05, 4.69) is 10.3 Å². The molecule has 1 amide bonds. The average Bonchev–Trinajstić information content (AvgIpc) is 3.00. The van der Waals surface area contributed by atoms with Gasteiger partial charge >= 0.3 is 0 Å². The third kappa shape index (κ3) is 6.62. The lowest BCUT2D eigenvalue weighted by Gasteiger charge is -2.15. The van der Waals surface area contributed by atoms with Gasteiger partial charge in [-0.25, -0.2) is 4.39 Å². The summed E-state index contributed by atoms with van der Waals surface area (Å²) in [5, 5.41) is 3.14. The van der Waals surface area contributed by atoms with Gasteiger partial charge < -0.3 is 5.32 Å². The molecule has 0 spiro atoms. The summed E-state index contributed by atoms with van der Waals surface area (Å²) in [6.45, 7) is 0.771. The second-order valence-electron chi connectivity index (χ2n) is 7.47. The highest BCUT2D eigenvalue weighted by Gasteiger charge is 2.16. The minimum Gasteiger partial charge on any atom is -0.352 e. The zero-order valence-corrected chi connectivity index (χ0v) is 17.1. The Morgan fingerprint density at radius 1 is 1.11 bits per heavy atom. The molecule has 3 nitrogen and oxygen atoms in total. The Labute approximate surface area is 171 Å². The molecular weight excluding hydrogens is 371 g/mol. The average molecular weight is 401 g/mol. The minimum atomic E-state index is -0.211. The van der Waals surface area contributed by atoms with Gasteiger partial charge in [-0.15, -0.1) is 11.8 Å². The van der Waals surface area contributed by atoms with Gasteiger partial charge in [-0.05, 0) is 73.8 Å². The second kappa shape index (κ2) is 11.2. The molecule has 1 aromatic carbocycles. The molecule has 0 unspecified atom stereocenters. The number of nitrogens with one attached hydrogen (secondary N) is 1. The molecule has 1 aliphatic rings. The molecule has 1 fully saturated rings. The van der Waals surface area contributed by atoms with E-state index >= 15 is 0 Å². The summed E-state index contributed by atoms with van der Waals surface area (Å²) in [4.78, 5) is 18.2. The van der Waals surface area contributed by atoms with Crippen molar-refractivity contribution in [3.8, 4) is 0 Å². The van der Waals surface area contributed by atoms with Crippen LogP contribution in [-0.4, -0.2) is 23.2 Å². The molecule has 1 aromatic heterocycles. The Morgan fingerprint density at radius 2 is 1.86 bits per heavy atom. The van der Waals surface area contributed by atoms with Gasteiger partial charge in [-0.3, -0.25) is 9.78 Å². The van der Waals surface area contributed by atoms with Crippen LogP contribution in [0.15, 0.2) is 47.5 Å². The van der Waals surface area contributed by atoms with Crippen molar-refractivity contribution < 1.29 is 9.18 Å². The molecule has 0 radical (unpaired) electrons. The quantitative estimate of drug-likeness (QED) is 0.354. The normalized spacial score (nSPS) is 15.2. The first-order chi connectivity index (χ1) is 13.7. The number of halogens is 1. The van der Waals surface area contributed by atoms with Gasteiger partial charge in [0.15, 0.2) is 0 Å². The molecule has 0 bridgehead atoms. The maximum absolute atomic E-state index is 13.0. The maximum atomic E-state index is 13.0. The number of rotatable bonds is 8. The van der Waals surface area contributed by atoms with Crippen molar-refractivity contribution in [2.24, 2.45) is 5.92 Å². The van der Waals surface area contributed by atoms with Crippen LogP contribution in [0.2, 0.25) is 0 Å². The van der Waals surface area contributed by atoms with Crippen LogP contribution in [0.25, 0.3) is 0 Å². The lowest BCUT2D eigenvalue weighted by Crippen LogP contribution is -2.30. The van der Waals surface area contributed by atoms with E-state index in [1.165, 1.54) is 50.7 Å². The molecule has 28 heavy (non-hydrogen) atoms. The van der Waals surface area contributed by atoms with Crippen LogP contribution in [0, 0.1) is 11.7 Å². The van der Waals surface area contributed by atoms with Gasteiger partial charge in [-0.1, -0.05) is 25.7 Å². The van der Waals surface area contributed by atoms with E-state index in [9.17, 15) is 9.18 Å². The van der Waals surface area contributed by atoms with Crippen LogP contribution in [0.3, 0.4) is 0 Å². The number of benzene rings is 1. The number of aromatic nitrogens is 1. The van der Waals surface area contributed by atoms with E-state index in [1.54, 1.807) is 30.1 Å². The molecule has 0 saturated heterocycles. The van der Waals surface area contributed by atoms with Gasteiger partial charge in [0.05, 0.1) is 11.3 Å². The molecule has 1 saturated carbocycles. The van der Waals surface area contributed by atoms with Crippen LogP contribution in [0.4, 0.5) is 4.39 Å².